The number of hydrogen-bond acceptors (Lipinski definition) is 4. The number of carbonyl (C=O) groups excluding carboxylic acids is 1. The molecule has 1 saturated heterocycles. The molecule has 1 aliphatic heterocycles. The number of carbonyl (C=O) groups is 2. The lowest BCUT2D eigenvalue weighted by atomic mass is 9.50. The first-order valence-electron chi connectivity index (χ1n) is 12.4. The molecule has 6 aliphatic rings. The summed E-state index contributed by atoms with van der Waals surface area (Å²) in [5, 5.41) is 9.36. The van der Waals surface area contributed by atoms with Crippen molar-refractivity contribution >= 4 is 23.6 Å². The van der Waals surface area contributed by atoms with Crippen molar-refractivity contribution in [2.45, 2.75) is 75.5 Å². The third-order valence-corrected chi connectivity index (χ3v) is 10.0. The fourth-order valence-corrected chi connectivity index (χ4v) is 8.69. The molecule has 1 aromatic rings. The van der Waals surface area contributed by atoms with Crippen LogP contribution in [0, 0.1) is 29.0 Å². The van der Waals surface area contributed by atoms with Crippen LogP contribution >= 0.6 is 11.8 Å². The maximum Gasteiger partial charge on any atom is 0.327 e. The fourth-order valence-electron chi connectivity index (χ4n) is 7.57. The Morgan fingerprint density at radius 1 is 1.15 bits per heavy atom. The minimum Gasteiger partial charge on any atom is -0.493 e. The molecule has 1 aromatic carbocycles. The number of thioether (sulfide) groups is 1. The minimum atomic E-state index is -1.04. The van der Waals surface area contributed by atoms with Gasteiger partial charge in [0.15, 0.2) is 0 Å². The molecule has 0 spiro atoms. The van der Waals surface area contributed by atoms with E-state index in [1.807, 2.05) is 0 Å². The van der Waals surface area contributed by atoms with Crippen molar-refractivity contribution in [2.75, 3.05) is 12.5 Å². The molecule has 4 bridgehead atoms. The number of aliphatic carboxylic acids is 1. The van der Waals surface area contributed by atoms with Crippen LogP contribution in [0.3, 0.4) is 0 Å². The maximum absolute atomic E-state index is 15.2. The van der Waals surface area contributed by atoms with Crippen molar-refractivity contribution in [2.24, 2.45) is 23.2 Å². The molecule has 1 amide bonds. The smallest absolute Gasteiger partial charge is 0.327 e. The van der Waals surface area contributed by atoms with Gasteiger partial charge < -0.3 is 14.7 Å². The highest BCUT2D eigenvalue weighted by Gasteiger charge is 2.51. The summed E-state index contributed by atoms with van der Waals surface area (Å²) in [6.07, 6.45) is 9.87. The van der Waals surface area contributed by atoms with Crippen LogP contribution in [0.15, 0.2) is 12.1 Å². The number of carboxylic acid groups (broad SMARTS) is 1. The number of benzene rings is 1. The van der Waals surface area contributed by atoms with Crippen molar-refractivity contribution in [3.63, 3.8) is 0 Å². The van der Waals surface area contributed by atoms with Gasteiger partial charge in [-0.15, -0.1) is 11.8 Å². The van der Waals surface area contributed by atoms with Crippen LogP contribution < -0.4 is 4.74 Å². The third-order valence-electron chi connectivity index (χ3n) is 8.82. The van der Waals surface area contributed by atoms with Gasteiger partial charge in [0.05, 0.1) is 18.0 Å². The van der Waals surface area contributed by atoms with E-state index < -0.39 is 23.7 Å². The van der Waals surface area contributed by atoms with E-state index in [1.165, 1.54) is 61.3 Å². The Morgan fingerprint density at radius 3 is 2.36 bits per heavy atom. The van der Waals surface area contributed by atoms with E-state index in [-0.39, 0.29) is 22.1 Å². The zero-order valence-corrected chi connectivity index (χ0v) is 19.9. The van der Waals surface area contributed by atoms with Gasteiger partial charge in [-0.3, -0.25) is 4.79 Å². The van der Waals surface area contributed by atoms with Crippen LogP contribution in [0.2, 0.25) is 0 Å². The van der Waals surface area contributed by atoms with Gasteiger partial charge in [0.1, 0.15) is 17.6 Å². The number of halogens is 1. The SMILES string of the molecule is C[C@@H]1SCN(C(=O)c2cc(C3CC3)c(OCC34CC5CC(CC(C5)C3)C4)cc2F)[C@@H]1C(=O)O. The lowest BCUT2D eigenvalue weighted by Gasteiger charge is -2.56. The molecule has 5 aliphatic carbocycles. The minimum absolute atomic E-state index is 0.0278. The Morgan fingerprint density at radius 2 is 1.79 bits per heavy atom. The molecule has 1 heterocycles. The highest BCUT2D eigenvalue weighted by molar-refractivity contribution is 8.00. The first-order chi connectivity index (χ1) is 15.8. The van der Waals surface area contributed by atoms with Crippen molar-refractivity contribution in [1.29, 1.82) is 0 Å². The predicted molar refractivity (Wildman–Crippen MR) is 124 cm³/mol. The molecule has 7 heteroatoms. The predicted octanol–water partition coefficient (Wildman–Crippen LogP) is 5.29. The molecule has 33 heavy (non-hydrogen) atoms. The molecule has 0 radical (unpaired) electrons. The second kappa shape index (κ2) is 7.89. The normalized spacial score (nSPS) is 36.9. The third kappa shape index (κ3) is 3.84. The van der Waals surface area contributed by atoms with Gasteiger partial charge in [0, 0.05) is 16.7 Å². The zero-order valence-electron chi connectivity index (χ0n) is 19.1. The summed E-state index contributed by atoms with van der Waals surface area (Å²) in [6, 6.07) is 2.11. The van der Waals surface area contributed by atoms with E-state index in [0.717, 1.165) is 36.2 Å². The molecule has 0 unspecified atom stereocenters. The molecule has 2 atom stereocenters. The molecule has 5 nitrogen and oxygen atoms in total. The lowest BCUT2D eigenvalue weighted by Crippen LogP contribution is -2.48. The Labute approximate surface area is 198 Å². The average Bonchev–Trinajstić information content (AvgIpc) is 3.51. The summed E-state index contributed by atoms with van der Waals surface area (Å²) >= 11 is 1.41. The van der Waals surface area contributed by atoms with Crippen molar-refractivity contribution in [3.05, 3.63) is 29.1 Å². The van der Waals surface area contributed by atoms with Crippen LogP contribution in [-0.4, -0.2) is 45.7 Å². The van der Waals surface area contributed by atoms with Crippen molar-refractivity contribution < 1.29 is 23.8 Å². The van der Waals surface area contributed by atoms with E-state index in [1.54, 1.807) is 13.0 Å². The maximum atomic E-state index is 15.2. The molecule has 178 valence electrons. The highest BCUT2D eigenvalue weighted by Crippen LogP contribution is 2.60. The van der Waals surface area contributed by atoms with Gasteiger partial charge in [0.25, 0.3) is 5.91 Å². The van der Waals surface area contributed by atoms with Crippen molar-refractivity contribution in [3.8, 4) is 5.75 Å². The summed E-state index contributed by atoms with van der Waals surface area (Å²) in [6.45, 7) is 2.44. The van der Waals surface area contributed by atoms with E-state index in [0.29, 0.717) is 18.3 Å². The summed E-state index contributed by atoms with van der Waals surface area (Å²) in [5.41, 5.74) is 1.12. The van der Waals surface area contributed by atoms with Gasteiger partial charge in [0.2, 0.25) is 0 Å². The van der Waals surface area contributed by atoms with E-state index in [9.17, 15) is 14.7 Å². The second-order valence-corrected chi connectivity index (χ2v) is 12.7. The first kappa shape index (κ1) is 21.8. The first-order valence-corrected chi connectivity index (χ1v) is 13.5. The summed E-state index contributed by atoms with van der Waals surface area (Å²) in [7, 11) is 0. The van der Waals surface area contributed by atoms with Crippen LogP contribution in [0.1, 0.15) is 80.1 Å². The molecule has 6 fully saturated rings. The van der Waals surface area contributed by atoms with Crippen LogP contribution in [0.4, 0.5) is 4.39 Å². The monoisotopic (exact) mass is 473 g/mol. The van der Waals surface area contributed by atoms with Gasteiger partial charge in [-0.2, -0.15) is 0 Å². The summed E-state index contributed by atoms with van der Waals surface area (Å²) in [4.78, 5) is 26.2. The number of nitrogens with zero attached hydrogens (tertiary/aromatic N) is 1. The number of carboxylic acids is 1. The van der Waals surface area contributed by atoms with Crippen LogP contribution in [0.5, 0.6) is 5.75 Å². The average molecular weight is 474 g/mol. The molecular weight excluding hydrogens is 441 g/mol. The van der Waals surface area contributed by atoms with Crippen molar-refractivity contribution in [1.82, 2.24) is 4.90 Å². The Bertz CT molecular complexity index is 957. The Hall–Kier alpha value is -1.76. The van der Waals surface area contributed by atoms with E-state index in [2.05, 4.69) is 0 Å². The van der Waals surface area contributed by atoms with Crippen LogP contribution in [-0.2, 0) is 4.79 Å². The zero-order chi connectivity index (χ0) is 22.9. The number of rotatable bonds is 6. The Balaban J connectivity index is 1.24. The standard InChI is InChI=1S/C26H32FNO4S/c1-14-23(25(30)31)28(13-33-14)24(29)20-7-19(18-2-3-18)22(8-21(20)27)32-12-26-9-15-4-16(10-26)6-17(5-15)11-26/h7-8,14-18,23H,2-6,9-13H2,1H3,(H,30,31)/t14-,15?,16?,17?,23-,26?/m0/s1. The van der Waals surface area contributed by atoms with E-state index >= 15 is 4.39 Å². The highest BCUT2D eigenvalue weighted by atomic mass is 32.2. The quantitative estimate of drug-likeness (QED) is 0.608. The summed E-state index contributed by atoms with van der Waals surface area (Å²) < 4.78 is 21.6. The second-order valence-electron chi connectivity index (χ2n) is 11.4. The van der Waals surface area contributed by atoms with Gasteiger partial charge >= 0.3 is 5.97 Å². The fraction of sp³-hybridized carbons (Fsp3) is 0.692. The van der Waals surface area contributed by atoms with Gasteiger partial charge in [-0.25, -0.2) is 9.18 Å². The molecule has 1 N–H and O–H groups in total. The summed E-state index contributed by atoms with van der Waals surface area (Å²) in [5.74, 6) is 1.46. The molecule has 5 saturated carbocycles. The van der Waals surface area contributed by atoms with Gasteiger partial charge in [-0.1, -0.05) is 6.92 Å². The Kier molecular flexibility index (Phi) is 5.20. The molecule has 0 aromatic heterocycles. The largest absolute Gasteiger partial charge is 0.493 e. The van der Waals surface area contributed by atoms with E-state index in [4.69, 9.17) is 4.74 Å². The molecule has 7 rings (SSSR count). The van der Waals surface area contributed by atoms with Gasteiger partial charge in [-0.05, 0) is 86.7 Å². The topological polar surface area (TPSA) is 66.8 Å². The lowest BCUT2D eigenvalue weighted by molar-refractivity contribution is -0.141. The number of ether oxygens (including phenoxy) is 1. The number of amides is 1. The number of hydrogen-bond donors (Lipinski definition) is 1. The molecular formula is C26H32FNO4S. The van der Waals surface area contributed by atoms with Crippen LogP contribution in [0.25, 0.3) is 0 Å².